The van der Waals surface area contributed by atoms with E-state index in [4.69, 9.17) is 0 Å². The Morgan fingerprint density at radius 2 is 1.19 bits per heavy atom. The lowest BCUT2D eigenvalue weighted by Gasteiger charge is -1.84. The molecule has 2 heterocycles. The number of ether oxygens (including phenoxy) is 1. The monoisotopic (exact) mass is 292 g/mol. The van der Waals surface area contributed by atoms with Gasteiger partial charge in [0.1, 0.15) is 0 Å². The molecular weight excluding hydrogens is 284 g/mol. The molecule has 0 aliphatic carbocycles. The highest BCUT2D eigenvalue weighted by Crippen LogP contribution is 2.15. The molecule has 0 bridgehead atoms. The minimum atomic E-state index is -0.927. The standard InChI is InChI=1S/C10H2O6.C3H6O2/c11-7-3-1-2-4-6(5(3)9(13)15-7)10(14)16-8(4)12;1-3(4)5-2/h1-2H;1-2H3. The first-order valence-electron chi connectivity index (χ1n) is 5.61. The van der Waals surface area contributed by atoms with Crippen molar-refractivity contribution in [3.05, 3.63) is 53.8 Å². The Morgan fingerprint density at radius 1 is 0.857 bits per heavy atom. The molecule has 0 spiro atoms. The highest BCUT2D eigenvalue weighted by Gasteiger charge is 2.18. The third kappa shape index (κ3) is 2.38. The van der Waals surface area contributed by atoms with Crippen LogP contribution in [0.25, 0.3) is 21.5 Å². The van der Waals surface area contributed by atoms with Crippen molar-refractivity contribution in [2.45, 2.75) is 6.92 Å². The number of hydrogen-bond donors (Lipinski definition) is 0. The van der Waals surface area contributed by atoms with Gasteiger partial charge in [-0.25, -0.2) is 19.2 Å². The molecule has 0 N–H and O–H groups in total. The first-order chi connectivity index (χ1) is 9.86. The number of benzene rings is 1. The summed E-state index contributed by atoms with van der Waals surface area (Å²) in [5.41, 5.74) is -3.50. The number of furan rings is 2. The molecule has 0 fully saturated rings. The van der Waals surface area contributed by atoms with Crippen LogP contribution in [0.5, 0.6) is 0 Å². The molecule has 3 aromatic rings. The number of carbonyl (C=O) groups excluding carboxylic acids is 1. The molecule has 2 aromatic heterocycles. The lowest BCUT2D eigenvalue weighted by molar-refractivity contribution is -0.137. The van der Waals surface area contributed by atoms with Crippen LogP contribution in [0.15, 0.2) is 40.1 Å². The molecule has 3 rings (SSSR count). The normalized spacial score (nSPS) is 10.4. The Balaban J connectivity index is 0.000000282. The highest BCUT2D eigenvalue weighted by molar-refractivity contribution is 6.05. The van der Waals surface area contributed by atoms with Crippen LogP contribution in [0.4, 0.5) is 0 Å². The van der Waals surface area contributed by atoms with Gasteiger partial charge in [-0.1, -0.05) is 0 Å². The molecule has 0 aliphatic heterocycles. The maximum absolute atomic E-state index is 11.3. The van der Waals surface area contributed by atoms with Crippen molar-refractivity contribution in [3.63, 3.8) is 0 Å². The van der Waals surface area contributed by atoms with Crippen LogP contribution in [-0.2, 0) is 9.53 Å². The van der Waals surface area contributed by atoms with Gasteiger partial charge in [0, 0.05) is 6.92 Å². The maximum atomic E-state index is 11.3. The predicted octanol–water partition coefficient (Wildman–Crippen LogP) is -0.325. The zero-order valence-corrected chi connectivity index (χ0v) is 10.9. The lowest BCUT2D eigenvalue weighted by atomic mass is 10.1. The van der Waals surface area contributed by atoms with Gasteiger partial charge >= 0.3 is 28.5 Å². The van der Waals surface area contributed by atoms with Crippen molar-refractivity contribution in [2.75, 3.05) is 7.11 Å². The average Bonchev–Trinajstić information content (AvgIpc) is 2.88. The molecule has 0 aliphatic rings. The van der Waals surface area contributed by atoms with E-state index in [9.17, 15) is 24.0 Å². The minimum Gasteiger partial charge on any atom is -0.469 e. The summed E-state index contributed by atoms with van der Waals surface area (Å²) in [5, 5.41) is -0.400. The fourth-order valence-corrected chi connectivity index (χ4v) is 1.75. The summed E-state index contributed by atoms with van der Waals surface area (Å²) >= 11 is 0. The number of esters is 1. The van der Waals surface area contributed by atoms with Gasteiger partial charge in [0.15, 0.2) is 0 Å². The van der Waals surface area contributed by atoms with Crippen LogP contribution >= 0.6 is 0 Å². The third-order valence-electron chi connectivity index (χ3n) is 2.71. The lowest BCUT2D eigenvalue weighted by Crippen LogP contribution is -1.98. The van der Waals surface area contributed by atoms with Crippen LogP contribution < -0.4 is 22.5 Å². The van der Waals surface area contributed by atoms with Crippen molar-refractivity contribution < 1.29 is 18.4 Å². The van der Waals surface area contributed by atoms with E-state index in [2.05, 4.69) is 13.6 Å². The molecule has 8 heteroatoms. The first-order valence-corrected chi connectivity index (χ1v) is 5.61. The zero-order chi connectivity index (χ0) is 15.7. The van der Waals surface area contributed by atoms with Crippen molar-refractivity contribution in [2.24, 2.45) is 0 Å². The molecule has 1 aromatic carbocycles. The van der Waals surface area contributed by atoms with Crippen LogP contribution in [0, 0.1) is 0 Å². The smallest absolute Gasteiger partial charge is 0.347 e. The van der Waals surface area contributed by atoms with Gasteiger partial charge in [0.05, 0.1) is 28.7 Å². The highest BCUT2D eigenvalue weighted by atomic mass is 16.5. The molecular formula is C13H8O8. The van der Waals surface area contributed by atoms with E-state index in [0.29, 0.717) is 0 Å². The Morgan fingerprint density at radius 3 is 1.48 bits per heavy atom. The van der Waals surface area contributed by atoms with E-state index in [1.54, 1.807) is 0 Å². The van der Waals surface area contributed by atoms with E-state index < -0.39 is 22.5 Å². The van der Waals surface area contributed by atoms with Crippen LogP contribution in [0.2, 0.25) is 0 Å². The van der Waals surface area contributed by atoms with E-state index in [1.807, 2.05) is 0 Å². The summed E-state index contributed by atoms with van der Waals surface area (Å²) in [4.78, 5) is 54.6. The van der Waals surface area contributed by atoms with Gasteiger partial charge < -0.3 is 13.6 Å². The zero-order valence-electron chi connectivity index (χ0n) is 10.9. The maximum Gasteiger partial charge on any atom is 0.347 e. The van der Waals surface area contributed by atoms with Crippen LogP contribution in [0.1, 0.15) is 6.92 Å². The number of rotatable bonds is 0. The third-order valence-corrected chi connectivity index (χ3v) is 2.71. The number of fused-ring (bicyclic) bond motifs is 3. The summed E-state index contributed by atoms with van der Waals surface area (Å²) in [7, 11) is 1.35. The number of methoxy groups -OCH3 is 1. The van der Waals surface area contributed by atoms with E-state index >= 15 is 0 Å². The SMILES string of the molecule is COC(C)=O.O=c1oc(=O)c2c1ccc1c(=O)oc(=O)c12. The molecule has 0 amide bonds. The average molecular weight is 292 g/mol. The molecule has 108 valence electrons. The Hall–Kier alpha value is -3.03. The first kappa shape index (κ1) is 14.4. The summed E-state index contributed by atoms with van der Waals surface area (Å²) in [6.45, 7) is 1.36. The number of hydrogen-bond acceptors (Lipinski definition) is 8. The summed E-state index contributed by atoms with van der Waals surface area (Å²) in [5.74, 6) is -0.245. The fraction of sp³-hybridized carbons (Fsp3) is 0.154. The molecule has 8 nitrogen and oxygen atoms in total. The van der Waals surface area contributed by atoms with Gasteiger partial charge in [-0.15, -0.1) is 0 Å². The van der Waals surface area contributed by atoms with Gasteiger partial charge in [-0.3, -0.25) is 4.79 Å². The van der Waals surface area contributed by atoms with E-state index in [0.717, 1.165) is 0 Å². The molecule has 0 saturated carbocycles. The molecule has 0 radical (unpaired) electrons. The van der Waals surface area contributed by atoms with Gasteiger partial charge in [-0.2, -0.15) is 0 Å². The van der Waals surface area contributed by atoms with E-state index in [-0.39, 0.29) is 27.5 Å². The van der Waals surface area contributed by atoms with Crippen molar-refractivity contribution >= 4 is 27.5 Å². The molecule has 21 heavy (non-hydrogen) atoms. The summed E-state index contributed by atoms with van der Waals surface area (Å²) < 4.78 is 12.8. The summed E-state index contributed by atoms with van der Waals surface area (Å²) in [6.07, 6.45) is 0. The fourth-order valence-electron chi connectivity index (χ4n) is 1.75. The van der Waals surface area contributed by atoms with Crippen LogP contribution in [-0.4, -0.2) is 13.1 Å². The minimum absolute atomic E-state index is 0.0181. The molecule has 0 saturated heterocycles. The van der Waals surface area contributed by atoms with Crippen LogP contribution in [0.3, 0.4) is 0 Å². The predicted molar refractivity (Wildman–Crippen MR) is 71.1 cm³/mol. The Labute approximate surface area is 114 Å². The second-order valence-corrected chi connectivity index (χ2v) is 3.96. The van der Waals surface area contributed by atoms with Gasteiger partial charge in [-0.05, 0) is 12.1 Å². The molecule has 0 unspecified atom stereocenters. The number of carbonyl (C=O) groups is 1. The largest absolute Gasteiger partial charge is 0.469 e. The molecule has 0 atom stereocenters. The second kappa shape index (κ2) is 5.16. The quantitative estimate of drug-likeness (QED) is 0.516. The van der Waals surface area contributed by atoms with Gasteiger partial charge in [0.2, 0.25) is 0 Å². The van der Waals surface area contributed by atoms with Crippen molar-refractivity contribution in [3.8, 4) is 0 Å². The van der Waals surface area contributed by atoms with Gasteiger partial charge in [0.25, 0.3) is 0 Å². The second-order valence-electron chi connectivity index (χ2n) is 3.96. The van der Waals surface area contributed by atoms with Crippen molar-refractivity contribution in [1.29, 1.82) is 0 Å². The van der Waals surface area contributed by atoms with E-state index in [1.165, 1.54) is 26.2 Å². The van der Waals surface area contributed by atoms with Crippen molar-refractivity contribution in [1.82, 2.24) is 0 Å². The Bertz CT molecular complexity index is 949. The Kier molecular flexibility index (Phi) is 3.53. The summed E-state index contributed by atoms with van der Waals surface area (Å²) in [6, 6.07) is 2.53. The topological polar surface area (TPSA) is 121 Å².